The Morgan fingerprint density at radius 3 is 2.27 bits per heavy atom. The summed E-state index contributed by atoms with van der Waals surface area (Å²) in [6.07, 6.45) is -3.32. The number of rotatable bonds is 8. The molecule has 0 spiro atoms. The third-order valence-electron chi connectivity index (χ3n) is 6.04. The van der Waals surface area contributed by atoms with E-state index < -0.39 is 11.7 Å². The molecule has 7 heteroatoms. The summed E-state index contributed by atoms with van der Waals surface area (Å²) in [4.78, 5) is 16.6. The lowest BCUT2D eigenvalue weighted by Gasteiger charge is -2.36. The van der Waals surface area contributed by atoms with Gasteiger partial charge in [-0.2, -0.15) is 13.2 Å². The summed E-state index contributed by atoms with van der Waals surface area (Å²) >= 11 is 0. The Balaban J connectivity index is 1.41. The van der Waals surface area contributed by atoms with E-state index in [2.05, 4.69) is 30.9 Å². The fraction of sp³-hybridized carbons (Fsp3) is 0.500. The third-order valence-corrected chi connectivity index (χ3v) is 6.04. The van der Waals surface area contributed by atoms with Crippen LogP contribution in [0.1, 0.15) is 43.4 Å². The van der Waals surface area contributed by atoms with Crippen LogP contribution in [0.3, 0.4) is 0 Å². The zero-order chi connectivity index (χ0) is 24.0. The number of ether oxygens (including phenoxy) is 1. The number of halogens is 3. The molecule has 1 saturated heterocycles. The number of carbonyl (C=O) groups is 1. The van der Waals surface area contributed by atoms with Crippen molar-refractivity contribution in [2.24, 2.45) is 5.92 Å². The maximum absolute atomic E-state index is 13.0. The molecule has 4 nitrogen and oxygen atoms in total. The molecule has 2 aromatic rings. The molecular formula is C26H33F3N2O2. The van der Waals surface area contributed by atoms with Crippen LogP contribution in [0.15, 0.2) is 48.5 Å². The van der Waals surface area contributed by atoms with E-state index >= 15 is 0 Å². The highest BCUT2D eigenvalue weighted by atomic mass is 19.4. The van der Waals surface area contributed by atoms with Crippen molar-refractivity contribution in [3.63, 3.8) is 0 Å². The molecular weight excluding hydrogens is 429 g/mol. The molecule has 1 aliphatic rings. The van der Waals surface area contributed by atoms with Crippen LogP contribution in [0.5, 0.6) is 0 Å². The van der Waals surface area contributed by atoms with Crippen LogP contribution in [0, 0.1) is 5.92 Å². The minimum atomic E-state index is -4.34. The van der Waals surface area contributed by atoms with Crippen LogP contribution in [-0.4, -0.2) is 50.2 Å². The summed E-state index contributed by atoms with van der Waals surface area (Å²) in [5.41, 5.74) is 2.17. The number of esters is 1. The first kappa shape index (κ1) is 25.1. The highest BCUT2D eigenvalue weighted by Gasteiger charge is 2.31. The number of benzene rings is 2. The second-order valence-electron chi connectivity index (χ2n) is 9.11. The first-order valence-electron chi connectivity index (χ1n) is 11.5. The quantitative estimate of drug-likeness (QED) is 0.494. The Kier molecular flexibility index (Phi) is 8.40. The molecule has 180 valence electrons. The summed E-state index contributed by atoms with van der Waals surface area (Å²) < 4.78 is 44.4. The van der Waals surface area contributed by atoms with Gasteiger partial charge in [-0.05, 0) is 48.6 Å². The number of nitrogens with zero attached hydrogens (tertiary/aromatic N) is 2. The molecule has 0 radical (unpaired) electrons. The maximum atomic E-state index is 13.0. The molecule has 0 unspecified atom stereocenters. The summed E-state index contributed by atoms with van der Waals surface area (Å²) in [5.74, 6) is 0.0234. The average molecular weight is 463 g/mol. The number of carbonyl (C=O) groups excluding carboxylic acids is 1. The van der Waals surface area contributed by atoms with Gasteiger partial charge in [-0.1, -0.05) is 44.2 Å². The topological polar surface area (TPSA) is 32.8 Å². The highest BCUT2D eigenvalue weighted by molar-refractivity contribution is 5.77. The van der Waals surface area contributed by atoms with Crippen LogP contribution in [0.4, 0.5) is 18.9 Å². The van der Waals surface area contributed by atoms with Gasteiger partial charge in [0.1, 0.15) is 6.61 Å². The van der Waals surface area contributed by atoms with Gasteiger partial charge >= 0.3 is 12.1 Å². The van der Waals surface area contributed by atoms with Crippen molar-refractivity contribution in [3.8, 4) is 0 Å². The first-order chi connectivity index (χ1) is 15.6. The van der Waals surface area contributed by atoms with Gasteiger partial charge in [-0.3, -0.25) is 9.69 Å². The Morgan fingerprint density at radius 2 is 1.67 bits per heavy atom. The lowest BCUT2D eigenvalue weighted by molar-refractivity contribution is -0.145. The van der Waals surface area contributed by atoms with Gasteiger partial charge in [0.2, 0.25) is 0 Å². The molecule has 1 aliphatic heterocycles. The van der Waals surface area contributed by atoms with Crippen molar-refractivity contribution in [2.45, 2.75) is 39.3 Å². The molecule has 1 atom stereocenters. The standard InChI is InChI=1S/C26H33F3N2O2/c1-19(2)17-21-7-9-22(10-8-21)20(3)25(32)33-16-15-30-11-13-31(14-12-30)24-6-4-5-23(18-24)26(27,28)29/h4-10,18-20H,11-17H2,1-3H3/t20-/m1/s1. The van der Waals surface area contributed by atoms with Crippen LogP contribution in [0.2, 0.25) is 0 Å². The van der Waals surface area contributed by atoms with Crippen molar-refractivity contribution in [1.29, 1.82) is 0 Å². The van der Waals surface area contributed by atoms with E-state index in [1.54, 1.807) is 6.07 Å². The van der Waals surface area contributed by atoms with Gasteiger partial charge in [-0.15, -0.1) is 0 Å². The van der Waals surface area contributed by atoms with Gasteiger partial charge in [-0.25, -0.2) is 0 Å². The van der Waals surface area contributed by atoms with Gasteiger partial charge < -0.3 is 9.64 Å². The van der Waals surface area contributed by atoms with Crippen LogP contribution in [-0.2, 0) is 22.1 Å². The second kappa shape index (κ2) is 11.1. The molecule has 1 fully saturated rings. The normalized spacial score (nSPS) is 16.2. The Bertz CT molecular complexity index is 904. The van der Waals surface area contributed by atoms with Crippen molar-refractivity contribution in [2.75, 3.05) is 44.2 Å². The van der Waals surface area contributed by atoms with E-state index in [9.17, 15) is 18.0 Å². The third kappa shape index (κ3) is 7.22. The van der Waals surface area contributed by atoms with Gasteiger partial charge in [0.15, 0.2) is 0 Å². The van der Waals surface area contributed by atoms with E-state index in [0.717, 1.165) is 18.1 Å². The molecule has 1 heterocycles. The monoisotopic (exact) mass is 462 g/mol. The van der Waals surface area contributed by atoms with E-state index in [4.69, 9.17) is 4.74 Å². The minimum absolute atomic E-state index is 0.241. The number of hydrogen-bond acceptors (Lipinski definition) is 4. The molecule has 0 saturated carbocycles. The van der Waals surface area contributed by atoms with Crippen molar-refractivity contribution in [1.82, 2.24) is 4.90 Å². The number of alkyl halides is 3. The molecule has 0 N–H and O–H groups in total. The summed E-state index contributed by atoms with van der Waals surface area (Å²) in [6, 6.07) is 13.6. The maximum Gasteiger partial charge on any atom is 0.416 e. The molecule has 3 rings (SSSR count). The number of anilines is 1. The fourth-order valence-electron chi connectivity index (χ4n) is 4.06. The van der Waals surface area contributed by atoms with Crippen molar-refractivity contribution < 1.29 is 22.7 Å². The van der Waals surface area contributed by atoms with Gasteiger partial charge in [0, 0.05) is 38.4 Å². The van der Waals surface area contributed by atoms with E-state index in [0.29, 0.717) is 50.9 Å². The molecule has 0 aliphatic carbocycles. The number of piperazine rings is 1. The predicted octanol–water partition coefficient (Wildman–Crippen LogP) is 5.37. The minimum Gasteiger partial charge on any atom is -0.464 e. The second-order valence-corrected chi connectivity index (χ2v) is 9.11. The zero-order valence-electron chi connectivity index (χ0n) is 19.6. The SMILES string of the molecule is CC(C)Cc1ccc([C@@H](C)C(=O)OCCN2CCN(c3cccc(C(F)(F)F)c3)CC2)cc1. The van der Waals surface area contributed by atoms with Crippen LogP contribution >= 0.6 is 0 Å². The van der Waals surface area contributed by atoms with Crippen LogP contribution in [0.25, 0.3) is 0 Å². The molecule has 33 heavy (non-hydrogen) atoms. The Morgan fingerprint density at radius 1 is 1.00 bits per heavy atom. The largest absolute Gasteiger partial charge is 0.464 e. The Labute approximate surface area is 194 Å². The number of hydrogen-bond donors (Lipinski definition) is 0. The van der Waals surface area contributed by atoms with Gasteiger partial charge in [0.25, 0.3) is 0 Å². The van der Waals surface area contributed by atoms with E-state index in [1.165, 1.54) is 17.7 Å². The lowest BCUT2D eigenvalue weighted by atomic mass is 9.97. The summed E-state index contributed by atoms with van der Waals surface area (Å²) in [7, 11) is 0. The molecule has 0 bridgehead atoms. The molecule has 2 aromatic carbocycles. The average Bonchev–Trinajstić information content (AvgIpc) is 2.78. The molecule has 0 aromatic heterocycles. The lowest BCUT2D eigenvalue weighted by Crippen LogP contribution is -2.47. The van der Waals surface area contributed by atoms with Gasteiger partial charge in [0.05, 0.1) is 11.5 Å². The fourth-order valence-corrected chi connectivity index (χ4v) is 4.06. The van der Waals surface area contributed by atoms with E-state index in [-0.39, 0.29) is 11.9 Å². The predicted molar refractivity (Wildman–Crippen MR) is 124 cm³/mol. The zero-order valence-corrected chi connectivity index (χ0v) is 19.6. The highest BCUT2D eigenvalue weighted by Crippen LogP contribution is 2.31. The summed E-state index contributed by atoms with van der Waals surface area (Å²) in [5, 5.41) is 0. The Hall–Kier alpha value is -2.54. The van der Waals surface area contributed by atoms with Crippen molar-refractivity contribution >= 4 is 11.7 Å². The van der Waals surface area contributed by atoms with E-state index in [1.807, 2.05) is 24.0 Å². The van der Waals surface area contributed by atoms with Crippen molar-refractivity contribution in [3.05, 3.63) is 65.2 Å². The van der Waals surface area contributed by atoms with Crippen LogP contribution < -0.4 is 4.90 Å². The smallest absolute Gasteiger partial charge is 0.416 e. The first-order valence-corrected chi connectivity index (χ1v) is 11.5. The molecule has 0 amide bonds. The summed E-state index contributed by atoms with van der Waals surface area (Å²) in [6.45, 7) is 9.82.